The van der Waals surface area contributed by atoms with Crippen LogP contribution in [0.25, 0.3) is 0 Å². The first-order chi connectivity index (χ1) is 14.0. The van der Waals surface area contributed by atoms with Crippen LogP contribution in [0.2, 0.25) is 0 Å². The highest BCUT2D eigenvalue weighted by Crippen LogP contribution is 2.28. The van der Waals surface area contributed by atoms with Crippen molar-refractivity contribution in [3.8, 4) is 0 Å². The van der Waals surface area contributed by atoms with E-state index in [1.165, 1.54) is 12.8 Å². The monoisotopic (exact) mass is 550 g/mol. The van der Waals surface area contributed by atoms with Gasteiger partial charge in [0, 0.05) is 46.9 Å². The third-order valence-corrected chi connectivity index (χ3v) is 7.39. The first kappa shape index (κ1) is 25.4. The van der Waals surface area contributed by atoms with E-state index in [9.17, 15) is 8.42 Å². The van der Waals surface area contributed by atoms with Crippen molar-refractivity contribution in [2.75, 3.05) is 46.9 Å². The van der Waals surface area contributed by atoms with Gasteiger partial charge in [-0.3, -0.25) is 4.99 Å². The van der Waals surface area contributed by atoms with Crippen LogP contribution in [-0.4, -0.2) is 70.5 Å². The van der Waals surface area contributed by atoms with Crippen LogP contribution in [-0.2, 0) is 21.3 Å². The van der Waals surface area contributed by atoms with Crippen molar-refractivity contribution in [3.05, 3.63) is 29.8 Å². The quantitative estimate of drug-likeness (QED) is 0.222. The molecule has 1 heterocycles. The number of aliphatic imine (C=N–C) groups is 1. The molecule has 1 aromatic carbocycles. The van der Waals surface area contributed by atoms with Gasteiger partial charge in [-0.15, -0.1) is 24.0 Å². The summed E-state index contributed by atoms with van der Waals surface area (Å²) in [5.41, 5.74) is 0.919. The lowest BCUT2D eigenvalue weighted by molar-refractivity contribution is 0.115. The van der Waals surface area contributed by atoms with Crippen LogP contribution >= 0.6 is 24.0 Å². The fraction of sp³-hybridized carbons (Fsp3) is 0.667. The summed E-state index contributed by atoms with van der Waals surface area (Å²) in [6, 6.07) is 7.20. The van der Waals surface area contributed by atoms with Gasteiger partial charge in [0.05, 0.1) is 11.5 Å². The summed E-state index contributed by atoms with van der Waals surface area (Å²) in [7, 11) is 0.317. The van der Waals surface area contributed by atoms with Crippen LogP contribution in [0.1, 0.15) is 37.7 Å². The standard InChI is InChI=1S/C21H34N4O3S.HI/c1-22-21(24(2)13-14-28-17-18-9-10-18)23-16-19-7-6-8-20(15-19)29(26,27)25-11-4-3-5-12-25;/h6-8,15,18H,3-5,9-14,16-17H2,1-2H3,(H,22,23);1H. The molecule has 170 valence electrons. The predicted octanol–water partition coefficient (Wildman–Crippen LogP) is 2.91. The topological polar surface area (TPSA) is 74.2 Å². The summed E-state index contributed by atoms with van der Waals surface area (Å²) >= 11 is 0. The molecule has 3 rings (SSSR count). The summed E-state index contributed by atoms with van der Waals surface area (Å²) in [5.74, 6) is 1.54. The zero-order chi connectivity index (χ0) is 20.7. The summed E-state index contributed by atoms with van der Waals surface area (Å²) in [6.07, 6.45) is 5.58. The second-order valence-corrected chi connectivity index (χ2v) is 9.89. The van der Waals surface area contributed by atoms with E-state index in [1.54, 1.807) is 23.5 Å². The highest BCUT2D eigenvalue weighted by atomic mass is 127. The summed E-state index contributed by atoms with van der Waals surface area (Å²) < 4.78 is 33.1. The molecule has 0 aromatic heterocycles. The number of nitrogens with one attached hydrogen (secondary N) is 1. The van der Waals surface area contributed by atoms with Gasteiger partial charge >= 0.3 is 0 Å². The van der Waals surface area contributed by atoms with E-state index in [-0.39, 0.29) is 24.0 Å². The minimum atomic E-state index is -3.41. The van der Waals surface area contributed by atoms with E-state index >= 15 is 0 Å². The van der Waals surface area contributed by atoms with Gasteiger partial charge < -0.3 is 15.0 Å². The number of likely N-dealkylation sites (N-methyl/N-ethyl adjacent to an activating group) is 1. The Morgan fingerprint density at radius 2 is 2.00 bits per heavy atom. The molecule has 1 aliphatic carbocycles. The van der Waals surface area contributed by atoms with Gasteiger partial charge in [-0.2, -0.15) is 4.31 Å². The number of halogens is 1. The zero-order valence-electron chi connectivity index (χ0n) is 18.0. The fourth-order valence-corrected chi connectivity index (χ4v) is 5.07. The third-order valence-electron chi connectivity index (χ3n) is 5.50. The van der Waals surface area contributed by atoms with Crippen molar-refractivity contribution in [2.24, 2.45) is 10.9 Å². The first-order valence-electron chi connectivity index (χ1n) is 10.6. The lowest BCUT2D eigenvalue weighted by Gasteiger charge is -2.26. The molecule has 1 aromatic rings. The first-order valence-corrected chi connectivity index (χ1v) is 12.0. The number of hydrogen-bond donors (Lipinski definition) is 1. The average molecular weight is 551 g/mol. The molecular formula is C21H35IN4O3S. The Hall–Kier alpha value is -0.910. The van der Waals surface area contributed by atoms with Crippen molar-refractivity contribution >= 4 is 40.0 Å². The number of ether oxygens (including phenoxy) is 1. The number of hydrogen-bond acceptors (Lipinski definition) is 4. The Morgan fingerprint density at radius 3 is 2.67 bits per heavy atom. The Morgan fingerprint density at radius 1 is 1.27 bits per heavy atom. The van der Waals surface area contributed by atoms with Crippen molar-refractivity contribution in [1.82, 2.24) is 14.5 Å². The molecule has 7 nitrogen and oxygen atoms in total. The normalized spacial score (nSPS) is 18.0. The predicted molar refractivity (Wildman–Crippen MR) is 131 cm³/mol. The molecule has 30 heavy (non-hydrogen) atoms. The largest absolute Gasteiger partial charge is 0.379 e. The Bertz CT molecular complexity index is 793. The number of sulfonamides is 1. The molecule has 0 bridgehead atoms. The maximum Gasteiger partial charge on any atom is 0.243 e. The van der Waals surface area contributed by atoms with Gasteiger partial charge in [-0.05, 0) is 49.3 Å². The van der Waals surface area contributed by atoms with E-state index in [0.29, 0.717) is 31.1 Å². The molecule has 9 heteroatoms. The smallest absolute Gasteiger partial charge is 0.243 e. The molecule has 2 aliphatic rings. The number of piperidine rings is 1. The van der Waals surface area contributed by atoms with Gasteiger partial charge in [-0.1, -0.05) is 18.6 Å². The van der Waals surface area contributed by atoms with E-state index in [0.717, 1.165) is 49.9 Å². The molecule has 1 aliphatic heterocycles. The van der Waals surface area contributed by atoms with Crippen LogP contribution in [0, 0.1) is 5.92 Å². The maximum atomic E-state index is 12.9. The number of guanidine groups is 1. The van der Waals surface area contributed by atoms with Gasteiger partial charge in [0.25, 0.3) is 0 Å². The maximum absolute atomic E-state index is 12.9. The van der Waals surface area contributed by atoms with Crippen LogP contribution < -0.4 is 5.32 Å². The van der Waals surface area contributed by atoms with E-state index in [4.69, 9.17) is 4.74 Å². The van der Waals surface area contributed by atoms with Gasteiger partial charge in [0.15, 0.2) is 5.96 Å². The Kier molecular flexibility index (Phi) is 10.3. The average Bonchev–Trinajstić information content (AvgIpc) is 3.57. The lowest BCUT2D eigenvalue weighted by atomic mass is 10.2. The molecule has 0 radical (unpaired) electrons. The van der Waals surface area contributed by atoms with E-state index < -0.39 is 10.0 Å². The van der Waals surface area contributed by atoms with Crippen molar-refractivity contribution in [1.29, 1.82) is 0 Å². The van der Waals surface area contributed by atoms with E-state index in [2.05, 4.69) is 10.3 Å². The molecule has 0 unspecified atom stereocenters. The van der Waals surface area contributed by atoms with Gasteiger partial charge in [-0.25, -0.2) is 8.42 Å². The van der Waals surface area contributed by atoms with Crippen LogP contribution in [0.4, 0.5) is 0 Å². The highest BCUT2D eigenvalue weighted by molar-refractivity contribution is 14.0. The van der Waals surface area contributed by atoms with Crippen molar-refractivity contribution in [3.63, 3.8) is 0 Å². The van der Waals surface area contributed by atoms with Gasteiger partial charge in [0.1, 0.15) is 0 Å². The van der Waals surface area contributed by atoms with E-state index in [1.807, 2.05) is 24.1 Å². The molecule has 1 N–H and O–H groups in total. The van der Waals surface area contributed by atoms with Crippen LogP contribution in [0.5, 0.6) is 0 Å². The molecule has 0 amide bonds. The summed E-state index contributed by atoms with van der Waals surface area (Å²) in [4.78, 5) is 6.72. The molecule has 2 fully saturated rings. The molecule has 1 saturated carbocycles. The Balaban J connectivity index is 0.00000320. The number of benzene rings is 1. The summed E-state index contributed by atoms with van der Waals surface area (Å²) in [6.45, 7) is 4.05. The zero-order valence-corrected chi connectivity index (χ0v) is 21.2. The molecular weight excluding hydrogens is 515 g/mol. The highest BCUT2D eigenvalue weighted by Gasteiger charge is 2.26. The molecule has 0 atom stereocenters. The lowest BCUT2D eigenvalue weighted by Crippen LogP contribution is -2.40. The third kappa shape index (κ3) is 7.35. The van der Waals surface area contributed by atoms with Crippen LogP contribution in [0.3, 0.4) is 0 Å². The summed E-state index contributed by atoms with van der Waals surface area (Å²) in [5, 5.41) is 3.32. The van der Waals surface area contributed by atoms with Gasteiger partial charge in [0.2, 0.25) is 10.0 Å². The Labute approximate surface area is 198 Å². The fourth-order valence-electron chi connectivity index (χ4n) is 3.48. The minimum Gasteiger partial charge on any atom is -0.379 e. The second-order valence-electron chi connectivity index (χ2n) is 7.95. The minimum absolute atomic E-state index is 0. The second kappa shape index (κ2) is 12.2. The SMILES string of the molecule is CN=C(NCc1cccc(S(=O)(=O)N2CCCCC2)c1)N(C)CCOCC1CC1.I. The molecule has 1 saturated heterocycles. The van der Waals surface area contributed by atoms with Crippen LogP contribution in [0.15, 0.2) is 34.2 Å². The number of nitrogens with zero attached hydrogens (tertiary/aromatic N) is 3. The van der Waals surface area contributed by atoms with Crippen molar-refractivity contribution in [2.45, 2.75) is 43.5 Å². The molecule has 0 spiro atoms. The van der Waals surface area contributed by atoms with Crippen molar-refractivity contribution < 1.29 is 13.2 Å². The number of rotatable bonds is 9.